The van der Waals surface area contributed by atoms with Gasteiger partial charge in [0.1, 0.15) is 5.82 Å². The fourth-order valence-electron chi connectivity index (χ4n) is 2.62. The number of nitrogens with two attached hydrogens (primary N) is 1. The lowest BCUT2D eigenvalue weighted by Gasteiger charge is -2.27. The molecule has 2 rings (SSSR count). The highest BCUT2D eigenvalue weighted by Gasteiger charge is 2.23. The van der Waals surface area contributed by atoms with E-state index in [0.717, 1.165) is 11.1 Å². The van der Waals surface area contributed by atoms with Gasteiger partial charge in [-0.2, -0.15) is 0 Å². The van der Waals surface area contributed by atoms with E-state index < -0.39 is 5.54 Å². The fourth-order valence-corrected chi connectivity index (χ4v) is 2.62. The van der Waals surface area contributed by atoms with Crippen LogP contribution in [-0.2, 0) is 12.0 Å². The minimum Gasteiger partial charge on any atom is -0.321 e. The summed E-state index contributed by atoms with van der Waals surface area (Å²) in [6.45, 7) is 6.13. The Hall–Kier alpha value is -1.67. The Morgan fingerprint density at radius 3 is 2.47 bits per heavy atom. The quantitative estimate of drug-likeness (QED) is 0.887. The minimum atomic E-state index is -0.494. The van der Waals surface area contributed by atoms with Crippen LogP contribution in [0.4, 0.5) is 4.39 Å². The highest BCUT2D eigenvalue weighted by Crippen LogP contribution is 2.26. The smallest absolute Gasteiger partial charge is 0.123 e. The molecular formula is C17H20FN. The van der Waals surface area contributed by atoms with Crippen LogP contribution in [0.1, 0.15) is 29.2 Å². The lowest BCUT2D eigenvalue weighted by molar-refractivity contribution is 0.486. The Labute approximate surface area is 114 Å². The second kappa shape index (κ2) is 5.14. The van der Waals surface area contributed by atoms with Crippen LogP contribution in [0.5, 0.6) is 0 Å². The van der Waals surface area contributed by atoms with Crippen LogP contribution >= 0.6 is 0 Å². The van der Waals surface area contributed by atoms with Crippen molar-refractivity contribution in [2.75, 3.05) is 0 Å². The minimum absolute atomic E-state index is 0.214. The molecule has 0 aromatic heterocycles. The van der Waals surface area contributed by atoms with E-state index in [2.05, 4.69) is 32.0 Å². The van der Waals surface area contributed by atoms with Crippen LogP contribution in [0, 0.1) is 19.7 Å². The van der Waals surface area contributed by atoms with Gasteiger partial charge in [0.05, 0.1) is 0 Å². The molecule has 0 aliphatic heterocycles. The SMILES string of the molecule is Cc1ccc(C(C)(N)Cc2cccc(F)c2)c(C)c1. The first-order valence-electron chi connectivity index (χ1n) is 6.49. The van der Waals surface area contributed by atoms with Crippen LogP contribution in [0.3, 0.4) is 0 Å². The Balaban J connectivity index is 2.31. The van der Waals surface area contributed by atoms with Crippen molar-refractivity contribution in [2.24, 2.45) is 5.73 Å². The second-order valence-corrected chi connectivity index (χ2v) is 5.54. The standard InChI is InChI=1S/C17H20FN/c1-12-7-8-16(13(2)9-12)17(3,19)11-14-5-4-6-15(18)10-14/h4-10H,11,19H2,1-3H3. The first-order chi connectivity index (χ1) is 8.88. The van der Waals surface area contributed by atoms with Crippen LogP contribution in [-0.4, -0.2) is 0 Å². The molecular weight excluding hydrogens is 237 g/mol. The molecule has 19 heavy (non-hydrogen) atoms. The zero-order valence-electron chi connectivity index (χ0n) is 11.7. The molecule has 2 N–H and O–H groups in total. The van der Waals surface area contributed by atoms with E-state index in [0.29, 0.717) is 6.42 Å². The first-order valence-corrected chi connectivity index (χ1v) is 6.49. The molecule has 2 aromatic rings. The monoisotopic (exact) mass is 257 g/mol. The molecule has 0 bridgehead atoms. The summed E-state index contributed by atoms with van der Waals surface area (Å²) < 4.78 is 13.2. The van der Waals surface area contributed by atoms with Gasteiger partial charge in [-0.1, -0.05) is 35.9 Å². The molecule has 2 heteroatoms. The van der Waals surface area contributed by atoms with Crippen molar-refractivity contribution in [3.8, 4) is 0 Å². The van der Waals surface area contributed by atoms with E-state index in [1.807, 2.05) is 13.0 Å². The molecule has 0 amide bonds. The number of benzene rings is 2. The average molecular weight is 257 g/mol. The summed E-state index contributed by atoms with van der Waals surface area (Å²) in [6.07, 6.45) is 0.620. The van der Waals surface area contributed by atoms with Crippen molar-refractivity contribution in [2.45, 2.75) is 32.7 Å². The maximum atomic E-state index is 13.2. The highest BCUT2D eigenvalue weighted by atomic mass is 19.1. The van der Waals surface area contributed by atoms with Crippen molar-refractivity contribution >= 4 is 0 Å². The van der Waals surface area contributed by atoms with Crippen LogP contribution in [0.2, 0.25) is 0 Å². The third-order valence-corrected chi connectivity index (χ3v) is 3.46. The van der Waals surface area contributed by atoms with Crippen molar-refractivity contribution in [1.82, 2.24) is 0 Å². The Morgan fingerprint density at radius 1 is 1.11 bits per heavy atom. The number of hydrogen-bond acceptors (Lipinski definition) is 1. The lowest BCUT2D eigenvalue weighted by atomic mass is 9.83. The highest BCUT2D eigenvalue weighted by molar-refractivity contribution is 5.36. The summed E-state index contributed by atoms with van der Waals surface area (Å²) >= 11 is 0. The van der Waals surface area contributed by atoms with Gasteiger partial charge in [-0.3, -0.25) is 0 Å². The molecule has 0 aliphatic carbocycles. The molecule has 1 nitrogen and oxygen atoms in total. The summed E-state index contributed by atoms with van der Waals surface area (Å²) in [4.78, 5) is 0. The van der Waals surface area contributed by atoms with Crippen molar-refractivity contribution < 1.29 is 4.39 Å². The molecule has 0 saturated carbocycles. The molecule has 0 heterocycles. The summed E-state index contributed by atoms with van der Waals surface area (Å²) in [5.74, 6) is -0.214. The molecule has 1 unspecified atom stereocenters. The number of rotatable bonds is 3. The Bertz CT molecular complexity index is 588. The molecule has 1 atom stereocenters. The van der Waals surface area contributed by atoms with Gasteiger partial charge in [0.15, 0.2) is 0 Å². The predicted octanol–water partition coefficient (Wildman–Crippen LogP) is 3.86. The second-order valence-electron chi connectivity index (χ2n) is 5.54. The average Bonchev–Trinajstić information content (AvgIpc) is 2.27. The molecule has 2 aromatic carbocycles. The van der Waals surface area contributed by atoms with E-state index in [1.165, 1.54) is 17.2 Å². The zero-order chi connectivity index (χ0) is 14.0. The fraction of sp³-hybridized carbons (Fsp3) is 0.294. The van der Waals surface area contributed by atoms with Gasteiger partial charge < -0.3 is 5.73 Å². The molecule has 0 saturated heterocycles. The van der Waals surface area contributed by atoms with E-state index in [1.54, 1.807) is 12.1 Å². The maximum Gasteiger partial charge on any atom is 0.123 e. The molecule has 0 fully saturated rings. The van der Waals surface area contributed by atoms with Crippen molar-refractivity contribution in [3.05, 3.63) is 70.5 Å². The molecule has 0 spiro atoms. The molecule has 0 radical (unpaired) electrons. The van der Waals surface area contributed by atoms with Gasteiger partial charge in [0.2, 0.25) is 0 Å². The van der Waals surface area contributed by atoms with E-state index >= 15 is 0 Å². The third-order valence-electron chi connectivity index (χ3n) is 3.46. The first kappa shape index (κ1) is 13.8. The van der Waals surface area contributed by atoms with Gasteiger partial charge >= 0.3 is 0 Å². The Kier molecular flexibility index (Phi) is 3.72. The van der Waals surface area contributed by atoms with E-state index in [9.17, 15) is 4.39 Å². The largest absolute Gasteiger partial charge is 0.321 e. The third kappa shape index (κ3) is 3.21. The number of aryl methyl sites for hydroxylation is 2. The zero-order valence-corrected chi connectivity index (χ0v) is 11.7. The van der Waals surface area contributed by atoms with Crippen molar-refractivity contribution in [1.29, 1.82) is 0 Å². The Morgan fingerprint density at radius 2 is 1.84 bits per heavy atom. The van der Waals surface area contributed by atoms with Crippen LogP contribution < -0.4 is 5.73 Å². The van der Waals surface area contributed by atoms with E-state index in [-0.39, 0.29) is 5.82 Å². The van der Waals surface area contributed by atoms with Gasteiger partial charge in [-0.05, 0) is 56.0 Å². The van der Waals surface area contributed by atoms with Gasteiger partial charge in [0, 0.05) is 5.54 Å². The molecule has 100 valence electrons. The maximum absolute atomic E-state index is 13.2. The van der Waals surface area contributed by atoms with Gasteiger partial charge in [-0.25, -0.2) is 4.39 Å². The number of halogens is 1. The summed E-state index contributed by atoms with van der Waals surface area (Å²) in [5, 5.41) is 0. The van der Waals surface area contributed by atoms with Crippen LogP contribution in [0.25, 0.3) is 0 Å². The summed E-state index contributed by atoms with van der Waals surface area (Å²) in [5.41, 5.74) is 10.4. The van der Waals surface area contributed by atoms with Crippen molar-refractivity contribution in [3.63, 3.8) is 0 Å². The lowest BCUT2D eigenvalue weighted by Crippen LogP contribution is -2.36. The molecule has 0 aliphatic rings. The van der Waals surface area contributed by atoms with E-state index in [4.69, 9.17) is 5.73 Å². The predicted molar refractivity (Wildman–Crippen MR) is 77.6 cm³/mol. The topological polar surface area (TPSA) is 26.0 Å². The van der Waals surface area contributed by atoms with Crippen LogP contribution in [0.15, 0.2) is 42.5 Å². The normalized spacial score (nSPS) is 14.2. The summed E-state index contributed by atoms with van der Waals surface area (Å²) in [6, 6.07) is 12.9. The van der Waals surface area contributed by atoms with Gasteiger partial charge in [-0.15, -0.1) is 0 Å². The summed E-state index contributed by atoms with van der Waals surface area (Å²) in [7, 11) is 0. The van der Waals surface area contributed by atoms with Gasteiger partial charge in [0.25, 0.3) is 0 Å². The number of hydrogen-bond donors (Lipinski definition) is 1.